The molecule has 0 radical (unpaired) electrons. The van der Waals surface area contributed by atoms with E-state index in [9.17, 15) is 9.18 Å². The van der Waals surface area contributed by atoms with E-state index < -0.39 is 5.82 Å². The molecule has 0 N–H and O–H groups in total. The Morgan fingerprint density at radius 2 is 2.14 bits per heavy atom. The Kier molecular flexibility index (Phi) is 4.05. The summed E-state index contributed by atoms with van der Waals surface area (Å²) in [6.45, 7) is 2.36. The van der Waals surface area contributed by atoms with Crippen molar-refractivity contribution in [2.45, 2.75) is 25.9 Å². The van der Waals surface area contributed by atoms with E-state index >= 15 is 0 Å². The summed E-state index contributed by atoms with van der Waals surface area (Å²) in [4.78, 5) is 11.7. The number of halogens is 1. The maximum Gasteiger partial charge on any atom is 0.251 e. The summed E-state index contributed by atoms with van der Waals surface area (Å²) in [6.07, 6.45) is 3.11. The predicted octanol–water partition coefficient (Wildman–Crippen LogP) is 0.449. The zero-order chi connectivity index (χ0) is 14.7. The largest absolute Gasteiger partial charge is 0.381 e. The highest BCUT2D eigenvalue weighted by atomic mass is 19.1. The van der Waals surface area contributed by atoms with Gasteiger partial charge in [-0.3, -0.25) is 4.79 Å². The maximum absolute atomic E-state index is 13.2. The van der Waals surface area contributed by atoms with E-state index in [1.165, 1.54) is 10.6 Å². The maximum atomic E-state index is 13.2. The minimum absolute atomic E-state index is 0.160. The van der Waals surface area contributed by atoms with Crippen LogP contribution in [0.25, 0.3) is 0 Å². The number of ether oxygens (including phenoxy) is 1. The third-order valence-corrected chi connectivity index (χ3v) is 3.64. The second-order valence-corrected chi connectivity index (χ2v) is 5.15. The molecule has 8 heteroatoms. The first-order valence-corrected chi connectivity index (χ1v) is 6.91. The van der Waals surface area contributed by atoms with Crippen LogP contribution in [0, 0.1) is 11.7 Å². The standard InChI is InChI=1S/C13H16FN5O2/c14-11-1-2-13(20)18(8-11)9-12-15-16-17-19(12)7-10-3-5-21-6-4-10/h1-2,8,10H,3-7,9H2. The van der Waals surface area contributed by atoms with Crippen LogP contribution in [0.5, 0.6) is 0 Å². The lowest BCUT2D eigenvalue weighted by molar-refractivity contribution is 0.0596. The van der Waals surface area contributed by atoms with Gasteiger partial charge >= 0.3 is 0 Å². The SMILES string of the molecule is O=c1ccc(F)cn1Cc1nnnn1CC1CCOCC1. The Balaban J connectivity index is 1.75. The van der Waals surface area contributed by atoms with Crippen molar-refractivity contribution in [1.29, 1.82) is 0 Å². The van der Waals surface area contributed by atoms with Gasteiger partial charge < -0.3 is 9.30 Å². The van der Waals surface area contributed by atoms with Gasteiger partial charge in [0.05, 0.1) is 6.54 Å². The number of nitrogens with zero attached hydrogens (tertiary/aromatic N) is 5. The molecule has 0 aromatic carbocycles. The average molecular weight is 293 g/mol. The normalized spacial score (nSPS) is 16.2. The van der Waals surface area contributed by atoms with Gasteiger partial charge in [-0.05, 0) is 35.3 Å². The molecule has 0 bridgehead atoms. The molecular weight excluding hydrogens is 277 g/mol. The molecule has 1 aliphatic rings. The van der Waals surface area contributed by atoms with E-state index in [0.29, 0.717) is 18.3 Å². The summed E-state index contributed by atoms with van der Waals surface area (Å²) >= 11 is 0. The quantitative estimate of drug-likeness (QED) is 0.818. The fourth-order valence-electron chi connectivity index (χ4n) is 2.43. The molecule has 112 valence electrons. The Labute approximate surface area is 120 Å². The molecule has 0 aliphatic carbocycles. The van der Waals surface area contributed by atoms with Gasteiger partial charge in [0.1, 0.15) is 5.82 Å². The second kappa shape index (κ2) is 6.13. The Morgan fingerprint density at radius 1 is 1.33 bits per heavy atom. The second-order valence-electron chi connectivity index (χ2n) is 5.15. The van der Waals surface area contributed by atoms with Gasteiger partial charge in [-0.2, -0.15) is 0 Å². The molecule has 3 rings (SSSR count). The zero-order valence-corrected chi connectivity index (χ0v) is 11.5. The molecule has 1 aliphatic heterocycles. The van der Waals surface area contributed by atoms with E-state index in [2.05, 4.69) is 15.5 Å². The van der Waals surface area contributed by atoms with Gasteiger partial charge in [0.2, 0.25) is 0 Å². The van der Waals surface area contributed by atoms with Crippen molar-refractivity contribution in [3.05, 3.63) is 40.3 Å². The van der Waals surface area contributed by atoms with Crippen LogP contribution in [-0.4, -0.2) is 38.0 Å². The first-order valence-electron chi connectivity index (χ1n) is 6.91. The van der Waals surface area contributed by atoms with Crippen molar-refractivity contribution in [3.8, 4) is 0 Å². The van der Waals surface area contributed by atoms with Crippen LogP contribution in [0.4, 0.5) is 4.39 Å². The molecule has 0 saturated carbocycles. The number of aromatic nitrogens is 5. The van der Waals surface area contributed by atoms with Gasteiger partial charge in [-0.25, -0.2) is 9.07 Å². The van der Waals surface area contributed by atoms with Crippen LogP contribution in [-0.2, 0) is 17.8 Å². The molecule has 0 atom stereocenters. The van der Waals surface area contributed by atoms with Crippen LogP contribution >= 0.6 is 0 Å². The van der Waals surface area contributed by atoms with Gasteiger partial charge in [-0.15, -0.1) is 5.10 Å². The first-order chi connectivity index (χ1) is 10.2. The monoisotopic (exact) mass is 293 g/mol. The molecule has 1 fully saturated rings. The van der Waals surface area contributed by atoms with E-state index in [0.717, 1.165) is 38.3 Å². The van der Waals surface area contributed by atoms with Crippen LogP contribution in [0.15, 0.2) is 23.1 Å². The number of hydrogen-bond donors (Lipinski definition) is 0. The van der Waals surface area contributed by atoms with E-state index in [1.807, 2.05) is 0 Å². The predicted molar refractivity (Wildman–Crippen MR) is 71.1 cm³/mol. The topological polar surface area (TPSA) is 74.8 Å². The van der Waals surface area contributed by atoms with Crippen LogP contribution in [0.3, 0.4) is 0 Å². The van der Waals surface area contributed by atoms with Crippen LogP contribution in [0.1, 0.15) is 18.7 Å². The van der Waals surface area contributed by atoms with Crippen LogP contribution < -0.4 is 5.56 Å². The number of pyridine rings is 1. The minimum atomic E-state index is -0.460. The molecule has 1 saturated heterocycles. The smallest absolute Gasteiger partial charge is 0.251 e. The van der Waals surface area contributed by atoms with E-state index in [-0.39, 0.29) is 12.1 Å². The lowest BCUT2D eigenvalue weighted by Gasteiger charge is -2.21. The van der Waals surface area contributed by atoms with Crippen molar-refractivity contribution in [2.75, 3.05) is 13.2 Å². The fourth-order valence-corrected chi connectivity index (χ4v) is 2.43. The molecule has 0 spiro atoms. The van der Waals surface area contributed by atoms with Crippen molar-refractivity contribution < 1.29 is 9.13 Å². The molecule has 21 heavy (non-hydrogen) atoms. The third-order valence-electron chi connectivity index (χ3n) is 3.64. The first kappa shape index (κ1) is 13.9. The molecule has 2 aromatic rings. The summed E-state index contributed by atoms with van der Waals surface area (Å²) in [6, 6.07) is 2.34. The lowest BCUT2D eigenvalue weighted by Crippen LogP contribution is -2.25. The summed E-state index contributed by atoms with van der Waals surface area (Å²) in [5, 5.41) is 11.6. The highest BCUT2D eigenvalue weighted by molar-refractivity contribution is 4.98. The van der Waals surface area contributed by atoms with Crippen LogP contribution in [0.2, 0.25) is 0 Å². The van der Waals surface area contributed by atoms with Crippen molar-refractivity contribution in [1.82, 2.24) is 24.8 Å². The molecule has 0 unspecified atom stereocenters. The molecular formula is C13H16FN5O2. The summed E-state index contributed by atoms with van der Waals surface area (Å²) in [5.74, 6) is 0.553. The lowest BCUT2D eigenvalue weighted by atomic mass is 10.0. The zero-order valence-electron chi connectivity index (χ0n) is 11.5. The van der Waals surface area contributed by atoms with E-state index in [4.69, 9.17) is 4.74 Å². The number of tetrazole rings is 1. The van der Waals surface area contributed by atoms with Crippen molar-refractivity contribution in [2.24, 2.45) is 5.92 Å². The highest BCUT2D eigenvalue weighted by Crippen LogP contribution is 2.16. The van der Waals surface area contributed by atoms with E-state index in [1.54, 1.807) is 4.68 Å². The Hall–Kier alpha value is -2.09. The number of hydrogen-bond acceptors (Lipinski definition) is 5. The molecule has 3 heterocycles. The molecule has 7 nitrogen and oxygen atoms in total. The fraction of sp³-hybridized carbons (Fsp3) is 0.538. The van der Waals surface area contributed by atoms with Gasteiger partial charge in [0, 0.05) is 32.0 Å². The average Bonchev–Trinajstić information content (AvgIpc) is 2.91. The van der Waals surface area contributed by atoms with Gasteiger partial charge in [0.15, 0.2) is 5.82 Å². The Bertz CT molecular complexity index is 663. The molecule has 0 amide bonds. The summed E-state index contributed by atoms with van der Waals surface area (Å²) in [7, 11) is 0. The van der Waals surface area contributed by atoms with Crippen molar-refractivity contribution in [3.63, 3.8) is 0 Å². The molecule has 2 aromatic heterocycles. The minimum Gasteiger partial charge on any atom is -0.381 e. The Morgan fingerprint density at radius 3 is 2.95 bits per heavy atom. The highest BCUT2D eigenvalue weighted by Gasteiger charge is 2.17. The summed E-state index contributed by atoms with van der Waals surface area (Å²) in [5.41, 5.74) is -0.281. The number of rotatable bonds is 4. The van der Waals surface area contributed by atoms with Gasteiger partial charge in [-0.1, -0.05) is 0 Å². The third kappa shape index (κ3) is 3.33. The summed E-state index contributed by atoms with van der Waals surface area (Å²) < 4.78 is 21.5. The van der Waals surface area contributed by atoms with Crippen molar-refractivity contribution >= 4 is 0 Å². The van der Waals surface area contributed by atoms with Gasteiger partial charge in [0.25, 0.3) is 5.56 Å².